The predicted octanol–water partition coefficient (Wildman–Crippen LogP) is 3.94. The molecule has 0 bridgehead atoms. The minimum absolute atomic E-state index is 0.201. The van der Waals surface area contributed by atoms with E-state index in [4.69, 9.17) is 11.6 Å². The van der Waals surface area contributed by atoms with Crippen molar-refractivity contribution >= 4 is 37.4 Å². The van der Waals surface area contributed by atoms with Crippen molar-refractivity contribution in [2.24, 2.45) is 0 Å². The van der Waals surface area contributed by atoms with Crippen molar-refractivity contribution in [2.45, 2.75) is 9.79 Å². The van der Waals surface area contributed by atoms with E-state index in [-0.39, 0.29) is 9.79 Å². The fourth-order valence-corrected chi connectivity index (χ4v) is 3.21. The van der Waals surface area contributed by atoms with Gasteiger partial charge in [0.15, 0.2) is 0 Å². The summed E-state index contributed by atoms with van der Waals surface area (Å²) in [4.78, 5) is 0.454. The summed E-state index contributed by atoms with van der Waals surface area (Å²) in [6.45, 7) is 0. The van der Waals surface area contributed by atoms with Gasteiger partial charge in [0.25, 0.3) is 0 Å². The van der Waals surface area contributed by atoms with E-state index in [1.807, 2.05) is 0 Å². The van der Waals surface area contributed by atoms with Crippen LogP contribution in [0, 0.1) is 0 Å². The Hall–Kier alpha value is -0.840. The second kappa shape index (κ2) is 4.80. The number of rotatable bonds is 2. The molecule has 5 heteroatoms. The lowest BCUT2D eigenvalue weighted by atomic mass is 10.4. The molecule has 0 aromatic heterocycles. The smallest absolute Gasteiger partial charge is 0.206 e. The summed E-state index contributed by atoms with van der Waals surface area (Å²) in [6, 6.07) is 12.7. The zero-order valence-electron chi connectivity index (χ0n) is 8.60. The third-order valence-electron chi connectivity index (χ3n) is 2.23. The van der Waals surface area contributed by atoms with Gasteiger partial charge in [-0.1, -0.05) is 33.6 Å². The molecule has 0 saturated heterocycles. The summed E-state index contributed by atoms with van der Waals surface area (Å²) in [5.74, 6) is 0. The topological polar surface area (TPSA) is 34.1 Å². The minimum Gasteiger partial charge on any atom is -0.219 e. The Morgan fingerprint density at radius 2 is 1.59 bits per heavy atom. The molecular formula is C12H8BrClO2S. The van der Waals surface area contributed by atoms with Crippen LogP contribution >= 0.6 is 27.5 Å². The first kappa shape index (κ1) is 12.6. The Bertz CT molecular complexity index is 636. The monoisotopic (exact) mass is 330 g/mol. The van der Waals surface area contributed by atoms with Gasteiger partial charge in [0.05, 0.1) is 9.79 Å². The molecule has 0 spiro atoms. The summed E-state index contributed by atoms with van der Waals surface area (Å²) in [7, 11) is -3.48. The fraction of sp³-hybridized carbons (Fsp3) is 0. The maximum Gasteiger partial charge on any atom is 0.206 e. The lowest BCUT2D eigenvalue weighted by molar-refractivity contribution is 0.596. The molecule has 17 heavy (non-hydrogen) atoms. The van der Waals surface area contributed by atoms with Crippen LogP contribution in [-0.2, 0) is 9.84 Å². The van der Waals surface area contributed by atoms with Gasteiger partial charge in [0.1, 0.15) is 0 Å². The summed E-state index contributed by atoms with van der Waals surface area (Å²) < 4.78 is 25.3. The van der Waals surface area contributed by atoms with E-state index in [9.17, 15) is 8.42 Å². The van der Waals surface area contributed by atoms with Gasteiger partial charge >= 0.3 is 0 Å². The van der Waals surface area contributed by atoms with E-state index in [0.29, 0.717) is 5.02 Å². The normalized spacial score (nSPS) is 11.4. The highest BCUT2D eigenvalue weighted by molar-refractivity contribution is 9.10. The van der Waals surface area contributed by atoms with Crippen molar-refractivity contribution in [1.29, 1.82) is 0 Å². The number of halogens is 2. The average molecular weight is 332 g/mol. The van der Waals surface area contributed by atoms with Gasteiger partial charge in [0, 0.05) is 9.50 Å². The molecule has 0 unspecified atom stereocenters. The number of hydrogen-bond donors (Lipinski definition) is 0. The first-order valence-electron chi connectivity index (χ1n) is 4.76. The van der Waals surface area contributed by atoms with Crippen LogP contribution in [0.3, 0.4) is 0 Å². The SMILES string of the molecule is O=S(=O)(c1ccc(Br)cc1)c1cccc(Cl)c1. The lowest BCUT2D eigenvalue weighted by Crippen LogP contribution is -2.01. The molecule has 0 fully saturated rings. The largest absolute Gasteiger partial charge is 0.219 e. The number of hydrogen-bond acceptors (Lipinski definition) is 2. The molecule has 0 aliphatic heterocycles. The van der Waals surface area contributed by atoms with Crippen molar-refractivity contribution < 1.29 is 8.42 Å². The third kappa shape index (κ3) is 2.70. The van der Waals surface area contributed by atoms with Crippen molar-refractivity contribution in [3.63, 3.8) is 0 Å². The van der Waals surface area contributed by atoms with E-state index in [1.165, 1.54) is 12.1 Å². The Kier molecular flexibility index (Phi) is 3.56. The third-order valence-corrected chi connectivity index (χ3v) is 4.76. The van der Waals surface area contributed by atoms with Crippen molar-refractivity contribution in [2.75, 3.05) is 0 Å². The van der Waals surface area contributed by atoms with Gasteiger partial charge in [-0.3, -0.25) is 0 Å². The van der Waals surface area contributed by atoms with E-state index in [2.05, 4.69) is 15.9 Å². The summed E-state index contributed by atoms with van der Waals surface area (Å²) in [5, 5.41) is 0.406. The van der Waals surface area contributed by atoms with Crippen LogP contribution in [0.2, 0.25) is 5.02 Å². The molecule has 0 N–H and O–H groups in total. The number of sulfone groups is 1. The molecule has 0 aliphatic rings. The molecule has 0 heterocycles. The van der Waals surface area contributed by atoms with Crippen LogP contribution in [-0.4, -0.2) is 8.42 Å². The van der Waals surface area contributed by atoms with Crippen LogP contribution in [0.1, 0.15) is 0 Å². The van der Waals surface area contributed by atoms with Gasteiger partial charge in [-0.05, 0) is 42.5 Å². The zero-order valence-corrected chi connectivity index (χ0v) is 11.8. The van der Waals surface area contributed by atoms with Gasteiger partial charge in [-0.2, -0.15) is 0 Å². The van der Waals surface area contributed by atoms with E-state index in [1.54, 1.807) is 36.4 Å². The molecule has 0 aliphatic carbocycles. The molecule has 88 valence electrons. The summed E-state index contributed by atoms with van der Waals surface area (Å²) in [6.07, 6.45) is 0. The molecule has 2 rings (SSSR count). The molecule has 0 atom stereocenters. The Morgan fingerprint density at radius 3 is 2.18 bits per heavy atom. The van der Waals surface area contributed by atoms with Crippen molar-refractivity contribution in [3.05, 3.63) is 58.0 Å². The van der Waals surface area contributed by atoms with Crippen molar-refractivity contribution in [1.82, 2.24) is 0 Å². The molecular weight excluding hydrogens is 324 g/mol. The van der Waals surface area contributed by atoms with Gasteiger partial charge < -0.3 is 0 Å². The minimum atomic E-state index is -3.48. The van der Waals surface area contributed by atoms with Gasteiger partial charge in [0.2, 0.25) is 9.84 Å². The van der Waals surface area contributed by atoms with Crippen LogP contribution in [0.25, 0.3) is 0 Å². The maximum atomic E-state index is 12.2. The van der Waals surface area contributed by atoms with E-state index >= 15 is 0 Å². The molecule has 0 saturated carbocycles. The fourth-order valence-electron chi connectivity index (χ4n) is 1.38. The van der Waals surface area contributed by atoms with Crippen molar-refractivity contribution in [3.8, 4) is 0 Å². The Labute approximate surface area is 113 Å². The standard InChI is InChI=1S/C12H8BrClO2S/c13-9-4-6-11(7-5-9)17(15,16)12-3-1-2-10(14)8-12/h1-8H. The highest BCUT2D eigenvalue weighted by atomic mass is 79.9. The second-order valence-electron chi connectivity index (χ2n) is 3.41. The van der Waals surface area contributed by atoms with Crippen LogP contribution in [0.5, 0.6) is 0 Å². The van der Waals surface area contributed by atoms with E-state index < -0.39 is 9.84 Å². The van der Waals surface area contributed by atoms with Crippen LogP contribution < -0.4 is 0 Å². The molecule has 0 amide bonds. The first-order valence-corrected chi connectivity index (χ1v) is 7.42. The van der Waals surface area contributed by atoms with Crippen LogP contribution in [0.4, 0.5) is 0 Å². The second-order valence-corrected chi connectivity index (χ2v) is 6.72. The van der Waals surface area contributed by atoms with Crippen LogP contribution in [0.15, 0.2) is 62.8 Å². The quantitative estimate of drug-likeness (QED) is 0.835. The first-order chi connectivity index (χ1) is 8.00. The Balaban J connectivity index is 2.54. The van der Waals surface area contributed by atoms with E-state index in [0.717, 1.165) is 4.47 Å². The zero-order chi connectivity index (χ0) is 12.5. The summed E-state index contributed by atoms with van der Waals surface area (Å²) in [5.41, 5.74) is 0. The maximum absolute atomic E-state index is 12.2. The molecule has 0 radical (unpaired) electrons. The lowest BCUT2D eigenvalue weighted by Gasteiger charge is -2.04. The summed E-state index contributed by atoms with van der Waals surface area (Å²) >= 11 is 9.06. The molecule has 2 nitrogen and oxygen atoms in total. The van der Waals surface area contributed by atoms with Gasteiger partial charge in [-0.15, -0.1) is 0 Å². The number of benzene rings is 2. The van der Waals surface area contributed by atoms with Gasteiger partial charge in [-0.25, -0.2) is 8.42 Å². The Morgan fingerprint density at radius 1 is 0.941 bits per heavy atom. The molecule has 2 aromatic rings. The predicted molar refractivity (Wildman–Crippen MR) is 71.0 cm³/mol. The molecule has 2 aromatic carbocycles. The average Bonchev–Trinajstić information content (AvgIpc) is 2.29. The highest BCUT2D eigenvalue weighted by Crippen LogP contribution is 2.24. The highest BCUT2D eigenvalue weighted by Gasteiger charge is 2.17.